The third-order valence-corrected chi connectivity index (χ3v) is 6.88. The summed E-state index contributed by atoms with van der Waals surface area (Å²) in [7, 11) is 0. The van der Waals surface area contributed by atoms with Crippen LogP contribution < -0.4 is 5.32 Å². The predicted octanol–water partition coefficient (Wildman–Crippen LogP) is 5.04. The monoisotopic (exact) mass is 401 g/mol. The van der Waals surface area contributed by atoms with Crippen molar-refractivity contribution >= 4 is 56.6 Å². The normalized spacial score (nSPS) is 12.6. The Morgan fingerprint density at radius 3 is 2.88 bits per heavy atom. The summed E-state index contributed by atoms with van der Waals surface area (Å²) in [5.41, 5.74) is 2.02. The van der Waals surface area contributed by atoms with Crippen molar-refractivity contribution in [1.29, 1.82) is 0 Å². The Morgan fingerprint density at radius 2 is 2.08 bits per heavy atom. The Bertz CT molecular complexity index is 1040. The summed E-state index contributed by atoms with van der Waals surface area (Å²) >= 11 is 4.26. The lowest BCUT2D eigenvalue weighted by Crippen LogP contribution is -2.07. The van der Waals surface area contributed by atoms with Gasteiger partial charge in [0.05, 0.1) is 10.6 Å². The Kier molecular flexibility index (Phi) is 4.58. The van der Waals surface area contributed by atoms with E-state index in [-0.39, 0.29) is 10.9 Å². The second-order valence-corrected chi connectivity index (χ2v) is 8.53. The van der Waals surface area contributed by atoms with Crippen LogP contribution in [0.1, 0.15) is 9.75 Å². The minimum atomic E-state index is -0.446. The topological polar surface area (TPSA) is 85.1 Å². The first kappa shape index (κ1) is 17.0. The molecule has 0 unspecified atom stereocenters. The van der Waals surface area contributed by atoms with Crippen LogP contribution >= 0.6 is 34.4 Å². The summed E-state index contributed by atoms with van der Waals surface area (Å²) in [4.78, 5) is 29.9. The number of amides is 1. The van der Waals surface area contributed by atoms with Gasteiger partial charge in [-0.05, 0) is 18.2 Å². The SMILES string of the molecule is O=C(C=Cc1ccc([N+](=O)[O-])s1)Nc1nc2c(s1)CSc1ccccc1-2. The molecule has 0 atom stereocenters. The van der Waals surface area contributed by atoms with Gasteiger partial charge in [-0.15, -0.1) is 23.1 Å². The number of nitro groups is 1. The van der Waals surface area contributed by atoms with Crippen LogP contribution in [0.15, 0.2) is 47.4 Å². The molecule has 0 saturated heterocycles. The molecule has 1 N–H and O–H groups in total. The average molecular weight is 401 g/mol. The Balaban J connectivity index is 1.48. The number of thioether (sulfide) groups is 1. The third kappa shape index (κ3) is 3.41. The van der Waals surface area contributed by atoms with Crippen LogP contribution in [-0.2, 0) is 10.5 Å². The fraction of sp³-hybridized carbons (Fsp3) is 0.0588. The Labute approximate surface area is 160 Å². The van der Waals surface area contributed by atoms with Crippen molar-refractivity contribution in [2.75, 3.05) is 5.32 Å². The molecule has 3 heterocycles. The molecule has 6 nitrogen and oxygen atoms in total. The van der Waals surface area contributed by atoms with E-state index in [0.29, 0.717) is 10.0 Å². The van der Waals surface area contributed by atoms with Crippen LogP contribution in [-0.4, -0.2) is 15.8 Å². The minimum Gasteiger partial charge on any atom is -0.298 e. The zero-order valence-corrected chi connectivity index (χ0v) is 15.6. The van der Waals surface area contributed by atoms with Crippen molar-refractivity contribution in [2.45, 2.75) is 10.6 Å². The zero-order chi connectivity index (χ0) is 18.1. The number of thiazole rings is 1. The van der Waals surface area contributed by atoms with E-state index < -0.39 is 4.92 Å². The first-order chi connectivity index (χ1) is 12.6. The molecule has 0 bridgehead atoms. The standard InChI is InChI=1S/C17H11N3O3S3/c21-14(7-5-10-6-8-15(25-10)20(22)23)18-17-19-16-11-3-1-2-4-12(11)24-9-13(16)26-17/h1-8H,9H2,(H,18,19,21). The number of hydrogen-bond donors (Lipinski definition) is 1. The van der Waals surface area contributed by atoms with Gasteiger partial charge in [-0.2, -0.15) is 0 Å². The van der Waals surface area contributed by atoms with E-state index in [4.69, 9.17) is 0 Å². The van der Waals surface area contributed by atoms with Crippen molar-refractivity contribution in [3.8, 4) is 11.3 Å². The van der Waals surface area contributed by atoms with E-state index in [1.54, 1.807) is 23.9 Å². The highest BCUT2D eigenvalue weighted by Crippen LogP contribution is 2.44. The molecule has 0 fully saturated rings. The lowest BCUT2D eigenvalue weighted by Gasteiger charge is -2.13. The fourth-order valence-corrected chi connectivity index (χ4v) is 5.31. The number of nitrogens with zero attached hydrogens (tertiary/aromatic N) is 2. The van der Waals surface area contributed by atoms with Crippen LogP contribution in [0.3, 0.4) is 0 Å². The number of anilines is 1. The minimum absolute atomic E-state index is 0.0498. The summed E-state index contributed by atoms with van der Waals surface area (Å²) in [5.74, 6) is 0.530. The second kappa shape index (κ2) is 7.02. The molecule has 2 aromatic heterocycles. The summed E-state index contributed by atoms with van der Waals surface area (Å²) in [6.45, 7) is 0. The number of carbonyl (C=O) groups is 1. The second-order valence-electron chi connectivity index (χ2n) is 5.33. The average Bonchev–Trinajstić information content (AvgIpc) is 3.26. The van der Waals surface area contributed by atoms with Gasteiger partial charge < -0.3 is 0 Å². The molecule has 1 aliphatic heterocycles. The highest BCUT2D eigenvalue weighted by molar-refractivity contribution is 7.98. The van der Waals surface area contributed by atoms with Crippen molar-refractivity contribution in [2.24, 2.45) is 0 Å². The smallest absolute Gasteiger partial charge is 0.298 e. The van der Waals surface area contributed by atoms with E-state index in [2.05, 4.69) is 16.4 Å². The summed E-state index contributed by atoms with van der Waals surface area (Å²) in [6.07, 6.45) is 2.92. The van der Waals surface area contributed by atoms with Gasteiger partial charge >= 0.3 is 5.00 Å². The fourth-order valence-electron chi connectivity index (χ4n) is 2.48. The summed E-state index contributed by atoms with van der Waals surface area (Å²) < 4.78 is 0. The number of fused-ring (bicyclic) bond motifs is 3. The first-order valence-corrected chi connectivity index (χ1v) is 10.2. The molecule has 26 heavy (non-hydrogen) atoms. The number of carbonyl (C=O) groups excluding carboxylic acids is 1. The van der Waals surface area contributed by atoms with Crippen molar-refractivity contribution in [3.63, 3.8) is 0 Å². The molecule has 1 aliphatic rings. The first-order valence-electron chi connectivity index (χ1n) is 7.55. The lowest BCUT2D eigenvalue weighted by atomic mass is 10.1. The van der Waals surface area contributed by atoms with Gasteiger partial charge in [0.1, 0.15) is 0 Å². The van der Waals surface area contributed by atoms with Gasteiger partial charge in [0.25, 0.3) is 0 Å². The van der Waals surface area contributed by atoms with E-state index in [0.717, 1.165) is 33.2 Å². The van der Waals surface area contributed by atoms with Gasteiger partial charge in [-0.25, -0.2) is 4.98 Å². The summed E-state index contributed by atoms with van der Waals surface area (Å²) in [5, 5.41) is 14.1. The molecule has 1 amide bonds. The maximum Gasteiger partial charge on any atom is 0.324 e. The molecule has 9 heteroatoms. The van der Waals surface area contributed by atoms with E-state index in [1.165, 1.54) is 28.4 Å². The quantitative estimate of drug-likeness (QED) is 0.376. The molecule has 0 radical (unpaired) electrons. The van der Waals surface area contributed by atoms with Crippen molar-refractivity contribution in [1.82, 2.24) is 4.98 Å². The van der Waals surface area contributed by atoms with E-state index >= 15 is 0 Å². The number of rotatable bonds is 4. The molecular weight excluding hydrogens is 390 g/mol. The molecule has 130 valence electrons. The van der Waals surface area contributed by atoms with Gasteiger partial charge in [-0.3, -0.25) is 20.2 Å². The molecule has 4 rings (SSSR count). The number of hydrogen-bond acceptors (Lipinski definition) is 7. The molecule has 0 spiro atoms. The van der Waals surface area contributed by atoms with Crippen molar-refractivity contribution < 1.29 is 9.72 Å². The number of aromatic nitrogens is 1. The van der Waals surface area contributed by atoms with E-state index in [9.17, 15) is 14.9 Å². The highest BCUT2D eigenvalue weighted by atomic mass is 32.2. The maximum atomic E-state index is 12.1. The molecular formula is C17H11N3O3S3. The Morgan fingerprint density at radius 1 is 1.23 bits per heavy atom. The molecule has 0 aliphatic carbocycles. The van der Waals surface area contributed by atoms with Gasteiger partial charge in [0, 0.05) is 38.1 Å². The van der Waals surface area contributed by atoms with Crippen LogP contribution in [0.5, 0.6) is 0 Å². The van der Waals surface area contributed by atoms with Crippen LogP contribution in [0.25, 0.3) is 17.3 Å². The third-order valence-electron chi connectivity index (χ3n) is 3.62. The maximum absolute atomic E-state index is 12.1. The largest absolute Gasteiger partial charge is 0.324 e. The predicted molar refractivity (Wildman–Crippen MR) is 106 cm³/mol. The van der Waals surface area contributed by atoms with Gasteiger partial charge in [-0.1, -0.05) is 29.5 Å². The van der Waals surface area contributed by atoms with Crippen LogP contribution in [0.2, 0.25) is 0 Å². The van der Waals surface area contributed by atoms with Gasteiger partial charge in [0.15, 0.2) is 5.13 Å². The highest BCUT2D eigenvalue weighted by Gasteiger charge is 2.21. The molecule has 0 saturated carbocycles. The number of benzene rings is 1. The van der Waals surface area contributed by atoms with Gasteiger partial charge in [0.2, 0.25) is 5.91 Å². The lowest BCUT2D eigenvalue weighted by molar-refractivity contribution is -0.380. The summed E-state index contributed by atoms with van der Waals surface area (Å²) in [6, 6.07) is 11.1. The number of thiophene rings is 1. The van der Waals surface area contributed by atoms with Crippen LogP contribution in [0, 0.1) is 10.1 Å². The number of nitrogens with one attached hydrogen (secondary N) is 1. The van der Waals surface area contributed by atoms with Crippen molar-refractivity contribution in [3.05, 3.63) is 62.3 Å². The molecule has 3 aromatic rings. The Hall–Kier alpha value is -2.49. The zero-order valence-electron chi connectivity index (χ0n) is 13.2. The van der Waals surface area contributed by atoms with E-state index in [1.807, 2.05) is 18.2 Å². The van der Waals surface area contributed by atoms with Crippen LogP contribution in [0.4, 0.5) is 10.1 Å². The molecule has 1 aromatic carbocycles.